The average molecular weight is 264 g/mol. The van der Waals surface area contributed by atoms with E-state index in [1.807, 2.05) is 0 Å². The maximum atomic E-state index is 11.4. The zero-order valence-electron chi connectivity index (χ0n) is 10.3. The Balaban J connectivity index is 2.22. The Morgan fingerprint density at radius 2 is 2.18 bits per heavy atom. The van der Waals surface area contributed by atoms with Crippen LogP contribution in [0.15, 0.2) is 6.20 Å². The number of amides is 1. The van der Waals surface area contributed by atoms with Crippen LogP contribution < -0.4 is 5.73 Å². The molecular formula is C12H16N2OSSi. The van der Waals surface area contributed by atoms with Crippen LogP contribution in [-0.4, -0.2) is 19.0 Å². The van der Waals surface area contributed by atoms with Gasteiger partial charge in [-0.25, -0.2) is 4.98 Å². The number of carbonyl (C=O) groups is 1. The Bertz CT molecular complexity index is 515. The number of hydrogen-bond acceptors (Lipinski definition) is 3. The van der Waals surface area contributed by atoms with Crippen molar-refractivity contribution in [2.24, 2.45) is 5.73 Å². The molecule has 1 saturated carbocycles. The van der Waals surface area contributed by atoms with E-state index in [1.165, 1.54) is 11.3 Å². The van der Waals surface area contributed by atoms with Crippen LogP contribution in [0, 0.1) is 11.5 Å². The molecule has 1 aromatic rings. The highest BCUT2D eigenvalue weighted by Gasteiger charge is 2.52. The van der Waals surface area contributed by atoms with E-state index >= 15 is 0 Å². The van der Waals surface area contributed by atoms with Gasteiger partial charge in [0, 0.05) is 0 Å². The second kappa shape index (κ2) is 3.97. The van der Waals surface area contributed by atoms with Gasteiger partial charge in [0.05, 0.1) is 11.1 Å². The van der Waals surface area contributed by atoms with Crippen molar-refractivity contribution in [3.8, 4) is 11.5 Å². The molecule has 1 aromatic heterocycles. The topological polar surface area (TPSA) is 56.0 Å². The number of thiazole rings is 1. The second-order valence-corrected chi connectivity index (χ2v) is 11.3. The first kappa shape index (κ1) is 12.3. The minimum absolute atomic E-state index is 0.253. The third-order valence-electron chi connectivity index (χ3n) is 2.70. The molecule has 0 aromatic carbocycles. The van der Waals surface area contributed by atoms with Crippen molar-refractivity contribution in [1.82, 2.24) is 4.98 Å². The Morgan fingerprint density at radius 3 is 2.65 bits per heavy atom. The van der Waals surface area contributed by atoms with Gasteiger partial charge in [-0.05, 0) is 12.8 Å². The van der Waals surface area contributed by atoms with Crippen LogP contribution in [0.5, 0.6) is 0 Å². The highest BCUT2D eigenvalue weighted by atomic mass is 32.1. The van der Waals surface area contributed by atoms with Crippen molar-refractivity contribution in [3.05, 3.63) is 16.1 Å². The molecule has 0 unspecified atom stereocenters. The minimum Gasteiger partial charge on any atom is -0.369 e. The molecule has 1 aliphatic carbocycles. The first-order chi connectivity index (χ1) is 7.83. The van der Waals surface area contributed by atoms with E-state index < -0.39 is 13.5 Å². The van der Waals surface area contributed by atoms with Gasteiger partial charge in [-0.2, -0.15) is 0 Å². The average Bonchev–Trinajstić information content (AvgIpc) is 2.88. The molecule has 0 aliphatic heterocycles. The van der Waals surface area contributed by atoms with Gasteiger partial charge in [0.1, 0.15) is 18.5 Å². The molecule has 0 radical (unpaired) electrons. The predicted octanol–water partition coefficient (Wildman–Crippen LogP) is 1.89. The SMILES string of the molecule is C[Si](C)(C)C#Cc1cnc(C2(C(N)=O)CC2)s1. The second-order valence-electron chi connectivity index (χ2n) is 5.48. The van der Waals surface area contributed by atoms with Crippen LogP contribution in [0.3, 0.4) is 0 Å². The Morgan fingerprint density at radius 1 is 1.53 bits per heavy atom. The summed E-state index contributed by atoms with van der Waals surface area (Å²) in [7, 11) is -1.36. The summed E-state index contributed by atoms with van der Waals surface area (Å²) in [5, 5.41) is 0.838. The predicted molar refractivity (Wildman–Crippen MR) is 72.4 cm³/mol. The molecule has 0 bridgehead atoms. The van der Waals surface area contributed by atoms with Crippen molar-refractivity contribution in [1.29, 1.82) is 0 Å². The Labute approximate surface area is 106 Å². The smallest absolute Gasteiger partial charge is 0.230 e. The number of nitrogens with two attached hydrogens (primary N) is 1. The number of hydrogen-bond donors (Lipinski definition) is 1. The lowest BCUT2D eigenvalue weighted by molar-refractivity contribution is -0.120. The van der Waals surface area contributed by atoms with Gasteiger partial charge >= 0.3 is 0 Å². The molecule has 5 heteroatoms. The fourth-order valence-corrected chi connectivity index (χ4v) is 3.11. The van der Waals surface area contributed by atoms with E-state index in [0.29, 0.717) is 0 Å². The summed E-state index contributed by atoms with van der Waals surface area (Å²) < 4.78 is 0. The van der Waals surface area contributed by atoms with Crippen molar-refractivity contribution < 1.29 is 4.79 Å². The summed E-state index contributed by atoms with van der Waals surface area (Å²) in [6.45, 7) is 6.61. The molecule has 0 atom stereocenters. The maximum absolute atomic E-state index is 11.4. The molecular weight excluding hydrogens is 248 g/mol. The molecule has 0 saturated heterocycles. The normalized spacial score (nSPS) is 17.1. The zero-order chi connectivity index (χ0) is 12.7. The number of aromatic nitrogens is 1. The number of primary amides is 1. The maximum Gasteiger partial charge on any atom is 0.230 e. The number of carbonyl (C=O) groups excluding carboxylic acids is 1. The fourth-order valence-electron chi connectivity index (χ4n) is 1.49. The molecule has 90 valence electrons. The van der Waals surface area contributed by atoms with E-state index in [4.69, 9.17) is 5.73 Å². The number of nitrogens with zero attached hydrogens (tertiary/aromatic N) is 1. The van der Waals surface area contributed by atoms with E-state index in [2.05, 4.69) is 36.1 Å². The first-order valence-electron chi connectivity index (χ1n) is 5.63. The summed E-state index contributed by atoms with van der Waals surface area (Å²) in [5.41, 5.74) is 8.24. The van der Waals surface area contributed by atoms with Gasteiger partial charge in [0.25, 0.3) is 0 Å². The van der Waals surface area contributed by atoms with E-state index in [9.17, 15) is 4.79 Å². The van der Waals surface area contributed by atoms with E-state index in [1.54, 1.807) is 6.20 Å². The quantitative estimate of drug-likeness (QED) is 0.655. The lowest BCUT2D eigenvalue weighted by atomic mass is 10.1. The Hall–Kier alpha value is -1.12. The van der Waals surface area contributed by atoms with Crippen LogP contribution in [0.2, 0.25) is 19.6 Å². The van der Waals surface area contributed by atoms with Gasteiger partial charge in [-0.1, -0.05) is 25.6 Å². The van der Waals surface area contributed by atoms with Crippen LogP contribution >= 0.6 is 11.3 Å². The van der Waals surface area contributed by atoms with Crippen molar-refractivity contribution in [2.45, 2.75) is 37.9 Å². The van der Waals surface area contributed by atoms with Crippen LogP contribution in [0.4, 0.5) is 0 Å². The van der Waals surface area contributed by atoms with Gasteiger partial charge in [-0.3, -0.25) is 4.79 Å². The fraction of sp³-hybridized carbons (Fsp3) is 0.500. The molecule has 2 rings (SSSR count). The lowest BCUT2D eigenvalue weighted by Crippen LogP contribution is -2.28. The summed E-state index contributed by atoms with van der Waals surface area (Å²) in [4.78, 5) is 16.6. The highest BCUT2D eigenvalue weighted by Crippen LogP contribution is 2.49. The van der Waals surface area contributed by atoms with Gasteiger partial charge in [0.2, 0.25) is 5.91 Å². The summed E-state index contributed by atoms with van der Waals surface area (Å²) >= 11 is 1.51. The minimum atomic E-state index is -1.36. The molecule has 1 fully saturated rings. The third kappa shape index (κ3) is 2.59. The highest BCUT2D eigenvalue weighted by molar-refractivity contribution is 7.12. The van der Waals surface area contributed by atoms with E-state index in [-0.39, 0.29) is 5.91 Å². The molecule has 3 nitrogen and oxygen atoms in total. The van der Waals surface area contributed by atoms with Crippen molar-refractivity contribution >= 4 is 25.3 Å². The summed E-state index contributed by atoms with van der Waals surface area (Å²) in [6.07, 6.45) is 3.42. The molecule has 0 spiro atoms. The van der Waals surface area contributed by atoms with Crippen molar-refractivity contribution in [2.75, 3.05) is 0 Å². The van der Waals surface area contributed by atoms with Crippen LogP contribution in [-0.2, 0) is 10.2 Å². The van der Waals surface area contributed by atoms with Crippen LogP contribution in [0.25, 0.3) is 0 Å². The van der Waals surface area contributed by atoms with Gasteiger partial charge in [0.15, 0.2) is 0 Å². The summed E-state index contributed by atoms with van der Waals surface area (Å²) in [5.74, 6) is 2.91. The lowest BCUT2D eigenvalue weighted by Gasteiger charge is -2.04. The third-order valence-corrected chi connectivity index (χ3v) is 4.69. The first-order valence-corrected chi connectivity index (χ1v) is 9.95. The largest absolute Gasteiger partial charge is 0.369 e. The molecule has 17 heavy (non-hydrogen) atoms. The molecule has 1 amide bonds. The number of rotatable bonds is 2. The van der Waals surface area contributed by atoms with Crippen molar-refractivity contribution in [3.63, 3.8) is 0 Å². The molecule has 2 N–H and O–H groups in total. The zero-order valence-corrected chi connectivity index (χ0v) is 12.1. The van der Waals surface area contributed by atoms with Gasteiger partial charge < -0.3 is 5.73 Å². The standard InChI is InChI=1S/C12H16N2OSSi/c1-17(2,3)7-4-9-8-14-11(16-9)12(5-6-12)10(13)15/h8H,5-6H2,1-3H3,(H2,13,15). The Kier molecular flexibility index (Phi) is 2.88. The monoisotopic (exact) mass is 264 g/mol. The van der Waals surface area contributed by atoms with E-state index in [0.717, 1.165) is 22.7 Å². The molecule has 1 heterocycles. The summed E-state index contributed by atoms with van der Waals surface area (Å²) in [6, 6.07) is 0. The van der Waals surface area contributed by atoms with Crippen LogP contribution in [0.1, 0.15) is 22.7 Å². The van der Waals surface area contributed by atoms with Gasteiger partial charge in [-0.15, -0.1) is 16.9 Å². The molecule has 1 aliphatic rings.